The molecule has 0 unspecified atom stereocenters. The number of carbonyl (C=O) groups excluding carboxylic acids is 1. The van der Waals surface area contributed by atoms with Crippen LogP contribution in [0.2, 0.25) is 5.02 Å². The highest BCUT2D eigenvalue weighted by atomic mass is 35.5. The van der Waals surface area contributed by atoms with Gasteiger partial charge in [0.05, 0.1) is 5.56 Å². The van der Waals surface area contributed by atoms with Gasteiger partial charge >= 0.3 is 5.97 Å². The summed E-state index contributed by atoms with van der Waals surface area (Å²) in [5.74, 6) is 0.998. The molecule has 6 rings (SSSR count). The second-order valence-electron chi connectivity index (χ2n) is 8.92. The van der Waals surface area contributed by atoms with Crippen LogP contribution in [-0.4, -0.2) is 19.1 Å². The fourth-order valence-electron chi connectivity index (χ4n) is 5.26. The normalized spacial score (nSPS) is 17.0. The van der Waals surface area contributed by atoms with E-state index in [0.717, 1.165) is 46.8 Å². The lowest BCUT2D eigenvalue weighted by Gasteiger charge is -2.37. The number of esters is 1. The molecule has 0 saturated carbocycles. The van der Waals surface area contributed by atoms with Gasteiger partial charge in [0.2, 0.25) is 0 Å². The van der Waals surface area contributed by atoms with E-state index >= 15 is 0 Å². The van der Waals surface area contributed by atoms with Crippen molar-refractivity contribution in [2.24, 2.45) is 0 Å². The van der Waals surface area contributed by atoms with Crippen molar-refractivity contribution in [3.05, 3.63) is 112 Å². The van der Waals surface area contributed by atoms with E-state index in [1.54, 1.807) is 0 Å². The topological polar surface area (TPSA) is 50.8 Å². The number of rotatable bonds is 5. The molecule has 4 aromatic rings. The highest BCUT2D eigenvalue weighted by Gasteiger charge is 2.53. The maximum atomic E-state index is 13.1. The summed E-state index contributed by atoms with van der Waals surface area (Å²) >= 11 is 6.19. The third kappa shape index (κ3) is 3.42. The SMILES string of the molecule is CCN(CC)c1ccc2c(c1)Oc1ccc(Nc3cccc(Cl)c3)cc1[C@@]21OC(=O)c2ccccc21. The smallest absolute Gasteiger partial charge is 0.340 e. The number of halogens is 1. The lowest BCUT2D eigenvalue weighted by molar-refractivity contribution is 0.0224. The van der Waals surface area contributed by atoms with E-state index in [1.807, 2.05) is 78.9 Å². The van der Waals surface area contributed by atoms with Crippen LogP contribution in [0.25, 0.3) is 0 Å². The number of benzene rings is 4. The average Bonchev–Trinajstić information content (AvgIpc) is 3.18. The van der Waals surface area contributed by atoms with Gasteiger partial charge in [-0.15, -0.1) is 0 Å². The lowest BCUT2D eigenvalue weighted by atomic mass is 9.77. The molecule has 2 aliphatic rings. The van der Waals surface area contributed by atoms with Gasteiger partial charge in [-0.2, -0.15) is 0 Å². The summed E-state index contributed by atoms with van der Waals surface area (Å²) in [5, 5.41) is 4.06. The number of ether oxygens (including phenoxy) is 2. The fourth-order valence-corrected chi connectivity index (χ4v) is 5.45. The Morgan fingerprint density at radius 1 is 0.806 bits per heavy atom. The number of hydrogen-bond acceptors (Lipinski definition) is 5. The van der Waals surface area contributed by atoms with Crippen LogP contribution in [0.3, 0.4) is 0 Å². The zero-order valence-electron chi connectivity index (χ0n) is 20.0. The monoisotopic (exact) mass is 496 g/mol. The third-order valence-corrected chi connectivity index (χ3v) is 7.17. The summed E-state index contributed by atoms with van der Waals surface area (Å²) in [6, 6.07) is 27.1. The molecule has 1 spiro atoms. The summed E-state index contributed by atoms with van der Waals surface area (Å²) in [7, 11) is 0. The zero-order chi connectivity index (χ0) is 24.9. The van der Waals surface area contributed by atoms with Crippen molar-refractivity contribution in [3.63, 3.8) is 0 Å². The number of fused-ring (bicyclic) bond motifs is 6. The lowest BCUT2D eigenvalue weighted by Crippen LogP contribution is -2.33. The van der Waals surface area contributed by atoms with E-state index in [9.17, 15) is 4.79 Å². The van der Waals surface area contributed by atoms with Gasteiger partial charge in [-0.1, -0.05) is 35.9 Å². The van der Waals surface area contributed by atoms with Crippen LogP contribution in [0.15, 0.2) is 84.9 Å². The van der Waals surface area contributed by atoms with Crippen molar-refractivity contribution in [2.45, 2.75) is 19.4 Å². The first-order chi connectivity index (χ1) is 17.5. The van der Waals surface area contributed by atoms with E-state index in [4.69, 9.17) is 21.1 Å². The molecule has 2 heterocycles. The molecule has 36 heavy (non-hydrogen) atoms. The maximum absolute atomic E-state index is 13.1. The van der Waals surface area contributed by atoms with Crippen LogP contribution in [0.1, 0.15) is 40.9 Å². The van der Waals surface area contributed by atoms with Gasteiger partial charge in [-0.25, -0.2) is 4.79 Å². The number of carbonyl (C=O) groups is 1. The molecule has 0 aliphatic carbocycles. The van der Waals surface area contributed by atoms with Gasteiger partial charge in [-0.05, 0) is 68.4 Å². The Labute approximate surface area is 215 Å². The second kappa shape index (κ2) is 8.61. The Balaban J connectivity index is 1.54. The second-order valence-corrected chi connectivity index (χ2v) is 9.35. The molecule has 5 nitrogen and oxygen atoms in total. The largest absolute Gasteiger partial charge is 0.456 e. The first kappa shape index (κ1) is 22.5. The van der Waals surface area contributed by atoms with Gasteiger partial charge in [-0.3, -0.25) is 0 Å². The Hall–Kier alpha value is -3.96. The van der Waals surface area contributed by atoms with E-state index < -0.39 is 5.60 Å². The van der Waals surface area contributed by atoms with Crippen LogP contribution in [0, 0.1) is 0 Å². The predicted molar refractivity (Wildman–Crippen MR) is 143 cm³/mol. The van der Waals surface area contributed by atoms with Crippen molar-refractivity contribution in [3.8, 4) is 11.5 Å². The van der Waals surface area contributed by atoms with Gasteiger partial charge in [0, 0.05) is 57.9 Å². The van der Waals surface area contributed by atoms with Gasteiger partial charge < -0.3 is 19.7 Å². The Morgan fingerprint density at radius 2 is 1.61 bits per heavy atom. The third-order valence-electron chi connectivity index (χ3n) is 6.94. The summed E-state index contributed by atoms with van der Waals surface area (Å²) in [6.07, 6.45) is 0. The molecular formula is C30H25ClN2O3. The number of nitrogens with zero attached hydrogens (tertiary/aromatic N) is 1. The van der Waals surface area contributed by atoms with E-state index in [1.165, 1.54) is 0 Å². The molecule has 0 saturated heterocycles. The summed E-state index contributed by atoms with van der Waals surface area (Å²) in [4.78, 5) is 15.4. The minimum Gasteiger partial charge on any atom is -0.456 e. The molecule has 6 heteroatoms. The minimum absolute atomic E-state index is 0.342. The van der Waals surface area contributed by atoms with E-state index in [0.29, 0.717) is 22.1 Å². The van der Waals surface area contributed by atoms with Crippen molar-refractivity contribution >= 4 is 34.6 Å². The molecule has 180 valence electrons. The zero-order valence-corrected chi connectivity index (χ0v) is 20.8. The maximum Gasteiger partial charge on any atom is 0.340 e. The van der Waals surface area contributed by atoms with Crippen LogP contribution in [-0.2, 0) is 10.3 Å². The Bertz CT molecular complexity index is 1500. The summed E-state index contributed by atoms with van der Waals surface area (Å²) < 4.78 is 12.8. The molecule has 4 aromatic carbocycles. The highest BCUT2D eigenvalue weighted by molar-refractivity contribution is 6.30. The molecule has 0 fully saturated rings. The molecule has 2 aliphatic heterocycles. The Kier molecular flexibility index (Phi) is 5.38. The molecule has 1 atom stereocenters. The number of anilines is 3. The summed E-state index contributed by atoms with van der Waals surface area (Å²) in [6.45, 7) is 6.02. The Morgan fingerprint density at radius 3 is 2.42 bits per heavy atom. The number of nitrogens with one attached hydrogen (secondary N) is 1. The average molecular weight is 497 g/mol. The van der Waals surface area contributed by atoms with Crippen LogP contribution >= 0.6 is 11.6 Å². The highest BCUT2D eigenvalue weighted by Crippen LogP contribution is 2.57. The fraction of sp³-hybridized carbons (Fsp3) is 0.167. The molecule has 0 radical (unpaired) electrons. The van der Waals surface area contributed by atoms with Crippen molar-refractivity contribution < 1.29 is 14.3 Å². The van der Waals surface area contributed by atoms with Gasteiger partial charge in [0.25, 0.3) is 0 Å². The molecule has 1 N–H and O–H groups in total. The van der Waals surface area contributed by atoms with E-state index in [2.05, 4.69) is 30.1 Å². The first-order valence-electron chi connectivity index (χ1n) is 12.1. The predicted octanol–water partition coefficient (Wildman–Crippen LogP) is 7.50. The molecule has 0 bridgehead atoms. The van der Waals surface area contributed by atoms with Crippen molar-refractivity contribution in [2.75, 3.05) is 23.3 Å². The molecular weight excluding hydrogens is 472 g/mol. The summed E-state index contributed by atoms with van der Waals surface area (Å²) in [5.41, 5.74) is 4.62. The van der Waals surface area contributed by atoms with Crippen LogP contribution in [0.4, 0.5) is 17.1 Å². The van der Waals surface area contributed by atoms with Crippen molar-refractivity contribution in [1.82, 2.24) is 0 Å². The minimum atomic E-state index is -1.11. The van der Waals surface area contributed by atoms with E-state index in [-0.39, 0.29) is 5.97 Å². The molecule has 0 aromatic heterocycles. The molecule has 0 amide bonds. The van der Waals surface area contributed by atoms with Gasteiger partial charge in [0.15, 0.2) is 5.60 Å². The van der Waals surface area contributed by atoms with Crippen LogP contribution < -0.4 is 15.0 Å². The number of hydrogen-bond donors (Lipinski definition) is 1. The quantitative estimate of drug-likeness (QED) is 0.290. The van der Waals surface area contributed by atoms with Gasteiger partial charge in [0.1, 0.15) is 11.5 Å². The standard InChI is InChI=1S/C30H25ClN2O3/c1-3-33(4-2)22-13-14-25-28(18-22)35-27-15-12-21(32-20-9-7-8-19(31)16-20)17-26(27)30(25)24-11-6-5-10-23(24)29(34)36-30/h5-18,32H,3-4H2,1-2H3/t30-/m0/s1. The van der Waals surface area contributed by atoms with Crippen molar-refractivity contribution in [1.29, 1.82) is 0 Å². The first-order valence-corrected chi connectivity index (χ1v) is 12.5. The van der Waals surface area contributed by atoms with Crippen LogP contribution in [0.5, 0.6) is 11.5 Å².